The van der Waals surface area contributed by atoms with Gasteiger partial charge in [-0.25, -0.2) is 0 Å². The van der Waals surface area contributed by atoms with E-state index in [1.165, 1.54) is 88.3 Å². The van der Waals surface area contributed by atoms with Crippen molar-refractivity contribution in [3.8, 4) is 44.5 Å². The van der Waals surface area contributed by atoms with Crippen LogP contribution in [0.4, 0.5) is 17.1 Å². The molecule has 11 rings (SSSR count). The van der Waals surface area contributed by atoms with Gasteiger partial charge in [0.25, 0.3) is 0 Å². The second-order valence-electron chi connectivity index (χ2n) is 16.9. The summed E-state index contributed by atoms with van der Waals surface area (Å²) < 4.78 is 0. The van der Waals surface area contributed by atoms with Crippen LogP contribution in [0.25, 0.3) is 66.1 Å². The number of para-hydroxylation sites is 1. The van der Waals surface area contributed by atoms with E-state index in [1.54, 1.807) is 0 Å². The Morgan fingerprint density at radius 1 is 0.333 bits per heavy atom. The Morgan fingerprint density at radius 2 is 0.912 bits per heavy atom. The van der Waals surface area contributed by atoms with Gasteiger partial charge in [-0.15, -0.1) is 0 Å². The van der Waals surface area contributed by atoms with Crippen LogP contribution in [0.5, 0.6) is 0 Å². The molecule has 9 aromatic carbocycles. The molecule has 1 heteroatoms. The Bertz CT molecular complexity index is 3090. The number of nitrogens with zero attached hydrogens (tertiary/aromatic N) is 1. The average Bonchev–Trinajstić information content (AvgIpc) is 3.63. The van der Waals surface area contributed by atoms with Gasteiger partial charge in [-0.2, -0.15) is 0 Å². The highest BCUT2D eigenvalue weighted by molar-refractivity contribution is 6.09. The van der Waals surface area contributed by atoms with Gasteiger partial charge in [-0.1, -0.05) is 179 Å². The molecule has 0 N–H and O–H groups in total. The first kappa shape index (κ1) is 33.6. The van der Waals surface area contributed by atoms with Crippen LogP contribution in [0.3, 0.4) is 0 Å². The highest BCUT2D eigenvalue weighted by Gasteiger charge is 2.37. The number of hydrogen-bond donors (Lipinski definition) is 0. The van der Waals surface area contributed by atoms with Crippen molar-refractivity contribution in [2.75, 3.05) is 4.90 Å². The van der Waals surface area contributed by atoms with Crippen LogP contribution in [0.2, 0.25) is 0 Å². The monoisotopic (exact) mass is 729 g/mol. The first-order chi connectivity index (χ1) is 27.8. The Kier molecular flexibility index (Phi) is 7.32. The summed E-state index contributed by atoms with van der Waals surface area (Å²) >= 11 is 0. The Labute approximate surface area is 335 Å². The minimum Gasteiger partial charge on any atom is -0.310 e. The molecule has 0 amide bonds. The van der Waals surface area contributed by atoms with Crippen LogP contribution < -0.4 is 4.90 Å². The molecule has 9 aromatic rings. The lowest BCUT2D eigenvalue weighted by atomic mass is 9.81. The predicted octanol–water partition coefficient (Wildman–Crippen LogP) is 15.4. The maximum absolute atomic E-state index is 2.48. The van der Waals surface area contributed by atoms with Crippen molar-refractivity contribution < 1.29 is 0 Å². The lowest BCUT2D eigenvalue weighted by Gasteiger charge is -2.29. The molecule has 2 aliphatic rings. The fourth-order valence-electron chi connectivity index (χ4n) is 10.2. The van der Waals surface area contributed by atoms with E-state index in [0.717, 1.165) is 17.1 Å². The van der Waals surface area contributed by atoms with Gasteiger partial charge in [-0.3, -0.25) is 0 Å². The molecule has 0 heterocycles. The zero-order chi connectivity index (χ0) is 38.5. The Balaban J connectivity index is 1.12. The molecule has 0 fully saturated rings. The molecule has 0 atom stereocenters. The van der Waals surface area contributed by atoms with Gasteiger partial charge in [0.15, 0.2) is 0 Å². The number of rotatable bonds is 5. The molecule has 0 aliphatic heterocycles. The smallest absolute Gasteiger partial charge is 0.0540 e. The van der Waals surface area contributed by atoms with Crippen LogP contribution in [0, 0.1) is 0 Å². The maximum atomic E-state index is 2.48. The van der Waals surface area contributed by atoms with Gasteiger partial charge < -0.3 is 4.90 Å². The first-order valence-corrected chi connectivity index (χ1v) is 20.2. The molecule has 0 spiro atoms. The van der Waals surface area contributed by atoms with Gasteiger partial charge in [0, 0.05) is 27.8 Å². The molecule has 0 bridgehead atoms. The lowest BCUT2D eigenvalue weighted by molar-refractivity contribution is 0.660. The van der Waals surface area contributed by atoms with Crippen molar-refractivity contribution in [3.05, 3.63) is 210 Å². The largest absolute Gasteiger partial charge is 0.310 e. The predicted molar refractivity (Wildman–Crippen MR) is 242 cm³/mol. The summed E-state index contributed by atoms with van der Waals surface area (Å²) in [5, 5.41) is 5.02. The van der Waals surface area contributed by atoms with E-state index >= 15 is 0 Å². The van der Waals surface area contributed by atoms with Crippen LogP contribution >= 0.6 is 0 Å². The topological polar surface area (TPSA) is 3.24 Å². The molecular formula is C56H43N. The summed E-state index contributed by atoms with van der Waals surface area (Å²) in [6.45, 7) is 9.45. The molecular weight excluding hydrogens is 687 g/mol. The second kappa shape index (κ2) is 12.4. The summed E-state index contributed by atoms with van der Waals surface area (Å²) in [4.78, 5) is 2.48. The Morgan fingerprint density at radius 3 is 1.77 bits per heavy atom. The SMILES string of the molecule is CC1(C)c2ccccc2-c2ccc(-c3cccc(N(c4ccc5c(ccc6ccccc65)c4)c4ccccc4-c4cccc5c4-c4ccccc4C5(C)C)c3)cc21. The minimum absolute atomic E-state index is 0.0666. The molecule has 0 unspecified atom stereocenters. The zero-order valence-electron chi connectivity index (χ0n) is 32.8. The molecule has 0 saturated heterocycles. The summed E-state index contributed by atoms with van der Waals surface area (Å²) in [7, 11) is 0. The van der Waals surface area contributed by atoms with Crippen LogP contribution in [0.15, 0.2) is 188 Å². The zero-order valence-corrected chi connectivity index (χ0v) is 32.8. The minimum atomic E-state index is -0.0855. The number of fused-ring (bicyclic) bond motifs is 9. The van der Waals surface area contributed by atoms with Crippen molar-refractivity contribution in [2.45, 2.75) is 38.5 Å². The summed E-state index contributed by atoms with van der Waals surface area (Å²) in [6.07, 6.45) is 0. The Hall–Kier alpha value is -6.70. The third kappa shape index (κ3) is 5.02. The molecule has 0 aromatic heterocycles. The van der Waals surface area contributed by atoms with Crippen LogP contribution in [0.1, 0.15) is 49.9 Å². The van der Waals surface area contributed by atoms with Gasteiger partial charge in [0.1, 0.15) is 0 Å². The standard InChI is InChI=1S/C56H43N/c1-55(2)50-24-11-8-21-48(50)54-47(22-14-25-51(54)55)46-20-9-12-26-53(46)57(41-30-32-43-39(34-41)28-27-36-15-5-6-18-42(36)43)40-17-13-16-37(33-40)38-29-31-45-44-19-7-10-23-49(44)56(3,4)52(45)35-38/h5-35H,1-4H3. The van der Waals surface area contributed by atoms with Crippen molar-refractivity contribution in [1.82, 2.24) is 0 Å². The van der Waals surface area contributed by atoms with Crippen molar-refractivity contribution in [1.29, 1.82) is 0 Å². The molecule has 272 valence electrons. The first-order valence-electron chi connectivity index (χ1n) is 20.2. The fraction of sp³-hybridized carbons (Fsp3) is 0.107. The number of hydrogen-bond acceptors (Lipinski definition) is 1. The second-order valence-corrected chi connectivity index (χ2v) is 16.9. The lowest BCUT2D eigenvalue weighted by Crippen LogP contribution is -2.15. The van der Waals surface area contributed by atoms with E-state index < -0.39 is 0 Å². The van der Waals surface area contributed by atoms with E-state index in [2.05, 4.69) is 221 Å². The summed E-state index contributed by atoms with van der Waals surface area (Å²) in [5.41, 5.74) is 19.1. The molecule has 2 aliphatic carbocycles. The number of anilines is 3. The van der Waals surface area contributed by atoms with E-state index in [9.17, 15) is 0 Å². The van der Waals surface area contributed by atoms with E-state index in [1.807, 2.05) is 0 Å². The average molecular weight is 730 g/mol. The van der Waals surface area contributed by atoms with Gasteiger partial charge in [0.2, 0.25) is 0 Å². The van der Waals surface area contributed by atoms with Crippen molar-refractivity contribution in [2.24, 2.45) is 0 Å². The summed E-state index contributed by atoms with van der Waals surface area (Å²) in [6, 6.07) is 70.2. The molecule has 0 radical (unpaired) electrons. The van der Waals surface area contributed by atoms with E-state index in [0.29, 0.717) is 0 Å². The third-order valence-electron chi connectivity index (χ3n) is 13.1. The molecule has 0 saturated carbocycles. The van der Waals surface area contributed by atoms with Crippen molar-refractivity contribution >= 4 is 38.6 Å². The van der Waals surface area contributed by atoms with E-state index in [-0.39, 0.29) is 10.8 Å². The van der Waals surface area contributed by atoms with Gasteiger partial charge in [0.05, 0.1) is 5.69 Å². The third-order valence-corrected chi connectivity index (χ3v) is 13.1. The fourth-order valence-corrected chi connectivity index (χ4v) is 10.2. The van der Waals surface area contributed by atoms with Gasteiger partial charge >= 0.3 is 0 Å². The summed E-state index contributed by atoms with van der Waals surface area (Å²) in [5.74, 6) is 0. The van der Waals surface area contributed by atoms with Gasteiger partial charge in [-0.05, 0) is 119 Å². The highest BCUT2D eigenvalue weighted by atomic mass is 15.1. The van der Waals surface area contributed by atoms with Crippen LogP contribution in [-0.4, -0.2) is 0 Å². The molecule has 1 nitrogen and oxygen atoms in total. The molecule has 57 heavy (non-hydrogen) atoms. The van der Waals surface area contributed by atoms with Crippen LogP contribution in [-0.2, 0) is 10.8 Å². The highest BCUT2D eigenvalue weighted by Crippen LogP contribution is 2.54. The normalized spacial score (nSPS) is 14.2. The van der Waals surface area contributed by atoms with E-state index in [4.69, 9.17) is 0 Å². The number of benzene rings is 9. The quantitative estimate of drug-likeness (QED) is 0.159. The maximum Gasteiger partial charge on any atom is 0.0540 e. The van der Waals surface area contributed by atoms with Crippen molar-refractivity contribution in [3.63, 3.8) is 0 Å².